The number of rotatable bonds is 2. The van der Waals surface area contributed by atoms with E-state index in [1.54, 1.807) is 12.1 Å². The summed E-state index contributed by atoms with van der Waals surface area (Å²) in [5.74, 6) is 0.780. The van der Waals surface area contributed by atoms with Crippen LogP contribution in [0.3, 0.4) is 0 Å². The van der Waals surface area contributed by atoms with Gasteiger partial charge in [-0.05, 0) is 58.7 Å². The van der Waals surface area contributed by atoms with Crippen molar-refractivity contribution in [2.75, 3.05) is 5.73 Å². The van der Waals surface area contributed by atoms with E-state index in [9.17, 15) is 4.39 Å². The fourth-order valence-corrected chi connectivity index (χ4v) is 1.84. The first kappa shape index (κ1) is 11.9. The standard InChI is InChI=1S/C13H11BrFNO/c1-8-2-4-11(16)13(6-8)17-12-5-3-9(15)7-10(12)14/h2-7H,16H2,1H3. The summed E-state index contributed by atoms with van der Waals surface area (Å²) in [7, 11) is 0. The van der Waals surface area contributed by atoms with Crippen LogP contribution in [-0.4, -0.2) is 0 Å². The molecule has 17 heavy (non-hydrogen) atoms. The largest absolute Gasteiger partial charge is 0.454 e. The minimum absolute atomic E-state index is 0.318. The van der Waals surface area contributed by atoms with Gasteiger partial charge in [-0.15, -0.1) is 0 Å². The Morgan fingerprint density at radius 3 is 2.59 bits per heavy atom. The first-order chi connectivity index (χ1) is 8.06. The molecular formula is C13H11BrFNO. The zero-order chi connectivity index (χ0) is 12.4. The predicted molar refractivity (Wildman–Crippen MR) is 69.8 cm³/mol. The third-order valence-electron chi connectivity index (χ3n) is 2.28. The molecule has 2 rings (SSSR count). The second kappa shape index (κ2) is 4.75. The Labute approximate surface area is 107 Å². The van der Waals surface area contributed by atoms with E-state index in [-0.39, 0.29) is 5.82 Å². The average Bonchev–Trinajstić information content (AvgIpc) is 2.27. The maximum atomic E-state index is 12.9. The lowest BCUT2D eigenvalue weighted by Crippen LogP contribution is -1.93. The van der Waals surface area contributed by atoms with Crippen molar-refractivity contribution >= 4 is 21.6 Å². The van der Waals surface area contributed by atoms with Crippen molar-refractivity contribution in [3.8, 4) is 11.5 Å². The number of nitrogens with two attached hydrogens (primary N) is 1. The van der Waals surface area contributed by atoms with Crippen LogP contribution in [0, 0.1) is 12.7 Å². The number of hydrogen-bond acceptors (Lipinski definition) is 2. The van der Waals surface area contributed by atoms with Gasteiger partial charge >= 0.3 is 0 Å². The van der Waals surface area contributed by atoms with Gasteiger partial charge in [0.15, 0.2) is 5.75 Å². The number of aryl methyl sites for hydroxylation is 1. The van der Waals surface area contributed by atoms with Crippen LogP contribution >= 0.6 is 15.9 Å². The highest BCUT2D eigenvalue weighted by Gasteiger charge is 2.06. The summed E-state index contributed by atoms with van der Waals surface area (Å²) >= 11 is 3.24. The lowest BCUT2D eigenvalue weighted by atomic mass is 10.2. The highest BCUT2D eigenvalue weighted by molar-refractivity contribution is 9.10. The van der Waals surface area contributed by atoms with Gasteiger partial charge in [0, 0.05) is 0 Å². The van der Waals surface area contributed by atoms with Crippen molar-refractivity contribution < 1.29 is 9.13 Å². The Hall–Kier alpha value is -1.55. The Morgan fingerprint density at radius 2 is 1.88 bits per heavy atom. The molecule has 2 aromatic carbocycles. The number of nitrogen functional groups attached to an aromatic ring is 1. The van der Waals surface area contributed by atoms with Gasteiger partial charge in [0.2, 0.25) is 0 Å². The molecule has 2 N–H and O–H groups in total. The van der Waals surface area contributed by atoms with Gasteiger partial charge in [0.05, 0.1) is 10.2 Å². The Kier molecular flexibility index (Phi) is 3.33. The first-order valence-electron chi connectivity index (χ1n) is 5.05. The molecule has 0 amide bonds. The van der Waals surface area contributed by atoms with E-state index >= 15 is 0 Å². The zero-order valence-corrected chi connectivity index (χ0v) is 10.8. The third-order valence-corrected chi connectivity index (χ3v) is 2.90. The quantitative estimate of drug-likeness (QED) is 0.840. The molecule has 0 aliphatic rings. The van der Waals surface area contributed by atoms with Crippen molar-refractivity contribution in [3.05, 3.63) is 52.3 Å². The molecule has 88 valence electrons. The summed E-state index contributed by atoms with van der Waals surface area (Å²) in [6.45, 7) is 1.95. The van der Waals surface area contributed by atoms with Crippen molar-refractivity contribution in [1.29, 1.82) is 0 Å². The van der Waals surface area contributed by atoms with Gasteiger partial charge < -0.3 is 10.5 Å². The van der Waals surface area contributed by atoms with E-state index in [0.717, 1.165) is 5.56 Å². The molecule has 0 fully saturated rings. The predicted octanol–water partition coefficient (Wildman–Crippen LogP) is 4.27. The SMILES string of the molecule is Cc1ccc(N)c(Oc2ccc(F)cc2Br)c1. The highest BCUT2D eigenvalue weighted by Crippen LogP contribution is 2.33. The first-order valence-corrected chi connectivity index (χ1v) is 5.84. The van der Waals surface area contributed by atoms with E-state index in [4.69, 9.17) is 10.5 Å². The van der Waals surface area contributed by atoms with Crippen LogP contribution in [0.5, 0.6) is 11.5 Å². The monoisotopic (exact) mass is 295 g/mol. The van der Waals surface area contributed by atoms with Gasteiger partial charge in [0.1, 0.15) is 11.6 Å². The van der Waals surface area contributed by atoms with E-state index in [1.165, 1.54) is 12.1 Å². The molecule has 0 spiro atoms. The van der Waals surface area contributed by atoms with Crippen LogP contribution < -0.4 is 10.5 Å². The molecule has 0 atom stereocenters. The van der Waals surface area contributed by atoms with Gasteiger partial charge in [-0.3, -0.25) is 0 Å². The van der Waals surface area contributed by atoms with Crippen molar-refractivity contribution in [2.45, 2.75) is 6.92 Å². The Balaban J connectivity index is 2.34. The summed E-state index contributed by atoms with van der Waals surface area (Å²) in [6, 6.07) is 9.77. The van der Waals surface area contributed by atoms with Crippen LogP contribution in [0.2, 0.25) is 0 Å². The number of benzene rings is 2. The van der Waals surface area contributed by atoms with Crippen LogP contribution in [0.4, 0.5) is 10.1 Å². The van der Waals surface area contributed by atoms with Crippen LogP contribution in [0.15, 0.2) is 40.9 Å². The van der Waals surface area contributed by atoms with Gasteiger partial charge in [-0.25, -0.2) is 4.39 Å². The molecule has 0 heterocycles. The fraction of sp³-hybridized carbons (Fsp3) is 0.0769. The maximum Gasteiger partial charge on any atom is 0.150 e. The lowest BCUT2D eigenvalue weighted by molar-refractivity contribution is 0.479. The van der Waals surface area contributed by atoms with E-state index < -0.39 is 0 Å². The van der Waals surface area contributed by atoms with E-state index in [2.05, 4.69) is 15.9 Å². The van der Waals surface area contributed by atoms with Crippen LogP contribution in [0.1, 0.15) is 5.56 Å². The van der Waals surface area contributed by atoms with Crippen molar-refractivity contribution in [3.63, 3.8) is 0 Å². The molecule has 0 saturated carbocycles. The number of anilines is 1. The highest BCUT2D eigenvalue weighted by atomic mass is 79.9. The molecule has 0 aliphatic heterocycles. The molecule has 4 heteroatoms. The summed E-state index contributed by atoms with van der Waals surface area (Å²) < 4.78 is 19.1. The second-order valence-corrected chi connectivity index (χ2v) is 4.57. The van der Waals surface area contributed by atoms with Gasteiger partial charge in [0.25, 0.3) is 0 Å². The maximum absolute atomic E-state index is 12.9. The van der Waals surface area contributed by atoms with E-state index in [0.29, 0.717) is 21.7 Å². The molecule has 2 nitrogen and oxygen atoms in total. The van der Waals surface area contributed by atoms with Gasteiger partial charge in [-0.1, -0.05) is 6.07 Å². The Bertz CT molecular complexity index is 557. The summed E-state index contributed by atoms with van der Waals surface area (Å²) in [6.07, 6.45) is 0. The Morgan fingerprint density at radius 1 is 1.12 bits per heavy atom. The summed E-state index contributed by atoms with van der Waals surface area (Å²) in [5, 5.41) is 0. The molecule has 0 saturated heterocycles. The molecule has 2 aromatic rings. The van der Waals surface area contributed by atoms with E-state index in [1.807, 2.05) is 19.1 Å². The van der Waals surface area contributed by atoms with Crippen LogP contribution in [-0.2, 0) is 0 Å². The number of halogens is 2. The molecule has 0 unspecified atom stereocenters. The summed E-state index contributed by atoms with van der Waals surface area (Å²) in [4.78, 5) is 0. The zero-order valence-electron chi connectivity index (χ0n) is 9.21. The molecule has 0 aromatic heterocycles. The summed E-state index contributed by atoms with van der Waals surface area (Å²) in [5.41, 5.74) is 7.40. The van der Waals surface area contributed by atoms with Crippen molar-refractivity contribution in [1.82, 2.24) is 0 Å². The average molecular weight is 296 g/mol. The topological polar surface area (TPSA) is 35.2 Å². The minimum atomic E-state index is -0.318. The normalized spacial score (nSPS) is 10.3. The number of ether oxygens (including phenoxy) is 1. The molecular weight excluding hydrogens is 285 g/mol. The third kappa shape index (κ3) is 2.77. The second-order valence-electron chi connectivity index (χ2n) is 3.72. The lowest BCUT2D eigenvalue weighted by Gasteiger charge is -2.10. The van der Waals surface area contributed by atoms with Crippen LogP contribution in [0.25, 0.3) is 0 Å². The smallest absolute Gasteiger partial charge is 0.150 e. The number of hydrogen-bond donors (Lipinski definition) is 1. The molecule has 0 aliphatic carbocycles. The fourth-order valence-electron chi connectivity index (χ4n) is 1.41. The molecule has 0 bridgehead atoms. The van der Waals surface area contributed by atoms with Crippen molar-refractivity contribution in [2.24, 2.45) is 0 Å². The minimum Gasteiger partial charge on any atom is -0.454 e. The molecule has 0 radical (unpaired) electrons. The van der Waals surface area contributed by atoms with Gasteiger partial charge in [-0.2, -0.15) is 0 Å².